The largest absolute Gasteiger partial charge is 0.501 e. The summed E-state index contributed by atoms with van der Waals surface area (Å²) in [7, 11) is -5.60. The van der Waals surface area contributed by atoms with Gasteiger partial charge in [-0.2, -0.15) is 13.2 Å². The van der Waals surface area contributed by atoms with Gasteiger partial charge in [0.15, 0.2) is 0 Å². The topological polar surface area (TPSA) is 46.2 Å². The molecule has 0 radical (unpaired) electrons. The Labute approximate surface area is 120 Å². The number of nitrogens with one attached hydrogen (secondary N) is 1. The van der Waals surface area contributed by atoms with Crippen molar-refractivity contribution in [1.29, 1.82) is 0 Å². The van der Waals surface area contributed by atoms with E-state index < -0.39 is 31.6 Å². The molecule has 0 bridgehead atoms. The highest BCUT2D eigenvalue weighted by molar-refractivity contribution is 7.92. The van der Waals surface area contributed by atoms with E-state index in [0.717, 1.165) is 37.8 Å². The van der Waals surface area contributed by atoms with Gasteiger partial charge in [0.25, 0.3) is 9.84 Å². The molecule has 1 N–H and O–H groups in total. The summed E-state index contributed by atoms with van der Waals surface area (Å²) < 4.78 is 74.5. The summed E-state index contributed by atoms with van der Waals surface area (Å²) >= 11 is 0. The molecule has 0 aliphatic heterocycles. The first-order valence-electron chi connectivity index (χ1n) is 6.44. The molecule has 0 spiro atoms. The number of alkyl halides is 3. The predicted octanol–water partition coefficient (Wildman–Crippen LogP) is 3.86. The molecule has 1 aliphatic rings. The maximum atomic E-state index is 13.2. The quantitative estimate of drug-likeness (QED) is 0.858. The lowest BCUT2D eigenvalue weighted by atomic mass is 10.0. The van der Waals surface area contributed by atoms with Crippen LogP contribution >= 0.6 is 0 Å². The monoisotopic (exact) mass is 325 g/mol. The van der Waals surface area contributed by atoms with E-state index in [1.54, 1.807) is 0 Å². The Morgan fingerprint density at radius 2 is 1.76 bits per heavy atom. The second kappa shape index (κ2) is 5.15. The Bertz CT molecular complexity index is 634. The maximum Gasteiger partial charge on any atom is 0.501 e. The van der Waals surface area contributed by atoms with Gasteiger partial charge >= 0.3 is 5.51 Å². The van der Waals surface area contributed by atoms with E-state index in [-0.39, 0.29) is 5.69 Å². The smallest absolute Gasteiger partial charge is 0.379 e. The van der Waals surface area contributed by atoms with E-state index in [1.165, 1.54) is 0 Å². The molecule has 0 atom stereocenters. The number of anilines is 1. The van der Waals surface area contributed by atoms with Crippen molar-refractivity contribution < 1.29 is 26.0 Å². The third-order valence-electron chi connectivity index (χ3n) is 3.68. The van der Waals surface area contributed by atoms with Crippen molar-refractivity contribution in [3.63, 3.8) is 0 Å². The van der Waals surface area contributed by atoms with Crippen LogP contribution in [0, 0.1) is 5.82 Å². The molecular weight excluding hydrogens is 310 g/mol. The molecule has 0 heterocycles. The molecule has 0 aromatic heterocycles. The second-order valence-corrected chi connectivity index (χ2v) is 7.39. The fourth-order valence-electron chi connectivity index (χ4n) is 2.55. The molecular formula is C13H15F4NO2S. The number of rotatable bonds is 3. The summed E-state index contributed by atoms with van der Waals surface area (Å²) in [6, 6.07) is 2.39. The summed E-state index contributed by atoms with van der Waals surface area (Å²) in [4.78, 5) is -1.07. The van der Waals surface area contributed by atoms with Crippen molar-refractivity contribution in [3.8, 4) is 0 Å². The number of benzene rings is 1. The summed E-state index contributed by atoms with van der Waals surface area (Å²) in [5.74, 6) is -1.03. The van der Waals surface area contributed by atoms with Gasteiger partial charge in [0.1, 0.15) is 10.7 Å². The average Bonchev–Trinajstić information content (AvgIpc) is 2.77. The van der Waals surface area contributed by atoms with Gasteiger partial charge in [0, 0.05) is 5.54 Å². The molecule has 1 aliphatic carbocycles. The fraction of sp³-hybridized carbons (Fsp3) is 0.538. The van der Waals surface area contributed by atoms with E-state index in [0.29, 0.717) is 6.07 Å². The van der Waals surface area contributed by atoms with E-state index in [2.05, 4.69) is 5.32 Å². The van der Waals surface area contributed by atoms with Crippen molar-refractivity contribution in [3.05, 3.63) is 24.0 Å². The molecule has 0 saturated heterocycles. The summed E-state index contributed by atoms with van der Waals surface area (Å²) in [5, 5.41) is 2.85. The Kier molecular flexibility index (Phi) is 3.94. The van der Waals surface area contributed by atoms with Gasteiger partial charge in [-0.05, 0) is 38.0 Å². The number of sulfone groups is 1. The van der Waals surface area contributed by atoms with Crippen LogP contribution in [0.3, 0.4) is 0 Å². The highest BCUT2D eigenvalue weighted by Crippen LogP contribution is 2.38. The third-order valence-corrected chi connectivity index (χ3v) is 5.21. The van der Waals surface area contributed by atoms with Gasteiger partial charge in [-0.25, -0.2) is 12.8 Å². The van der Waals surface area contributed by atoms with Crippen LogP contribution in [0.1, 0.15) is 32.6 Å². The van der Waals surface area contributed by atoms with Crippen LogP contribution in [0.2, 0.25) is 0 Å². The molecule has 1 fully saturated rings. The van der Waals surface area contributed by atoms with Crippen LogP contribution < -0.4 is 5.32 Å². The first-order valence-corrected chi connectivity index (χ1v) is 7.93. The van der Waals surface area contributed by atoms with E-state index in [4.69, 9.17) is 0 Å². The minimum absolute atomic E-state index is 0.210. The highest BCUT2D eigenvalue weighted by atomic mass is 32.2. The van der Waals surface area contributed by atoms with Gasteiger partial charge in [-0.1, -0.05) is 12.8 Å². The molecule has 0 unspecified atom stereocenters. The molecule has 1 aromatic rings. The molecule has 1 aromatic carbocycles. The SMILES string of the molecule is CC1(Nc2ccc(F)cc2S(=O)(=O)C(F)(F)F)CCCC1. The number of hydrogen-bond acceptors (Lipinski definition) is 3. The zero-order valence-electron chi connectivity index (χ0n) is 11.3. The molecule has 8 heteroatoms. The first-order chi connectivity index (χ1) is 9.55. The summed E-state index contributed by atoms with van der Waals surface area (Å²) in [6.07, 6.45) is 3.25. The van der Waals surface area contributed by atoms with Crippen molar-refractivity contribution >= 4 is 15.5 Å². The summed E-state index contributed by atoms with van der Waals surface area (Å²) in [6.45, 7) is 1.81. The molecule has 118 valence electrons. The zero-order chi connectivity index (χ0) is 15.9. The van der Waals surface area contributed by atoms with Gasteiger partial charge in [0.2, 0.25) is 0 Å². The number of halogens is 4. The van der Waals surface area contributed by atoms with Gasteiger partial charge in [0.05, 0.1) is 5.69 Å². The molecule has 2 rings (SSSR count). The molecule has 1 saturated carbocycles. The van der Waals surface area contributed by atoms with Crippen LogP contribution in [0.25, 0.3) is 0 Å². The lowest BCUT2D eigenvalue weighted by molar-refractivity contribution is -0.0435. The minimum Gasteiger partial charge on any atom is -0.379 e. The van der Waals surface area contributed by atoms with Gasteiger partial charge in [-0.15, -0.1) is 0 Å². The Morgan fingerprint density at radius 1 is 1.19 bits per heavy atom. The lowest BCUT2D eigenvalue weighted by Crippen LogP contribution is -2.32. The number of hydrogen-bond donors (Lipinski definition) is 1. The fourth-order valence-corrected chi connectivity index (χ4v) is 3.48. The third kappa shape index (κ3) is 3.14. The van der Waals surface area contributed by atoms with Crippen molar-refractivity contribution in [2.45, 2.75) is 48.5 Å². The van der Waals surface area contributed by atoms with Crippen molar-refractivity contribution in [2.75, 3.05) is 5.32 Å². The van der Waals surface area contributed by atoms with Crippen LogP contribution in [-0.4, -0.2) is 19.5 Å². The molecule has 0 amide bonds. The standard InChI is InChI=1S/C13H15F4NO2S/c1-12(6-2-3-7-12)18-10-5-4-9(14)8-11(10)21(19,20)13(15,16)17/h4-5,8,18H,2-3,6-7H2,1H3. The Balaban J connectivity index is 2.48. The van der Waals surface area contributed by atoms with E-state index in [9.17, 15) is 26.0 Å². The van der Waals surface area contributed by atoms with Crippen molar-refractivity contribution in [1.82, 2.24) is 0 Å². The van der Waals surface area contributed by atoms with Gasteiger partial charge < -0.3 is 5.32 Å². The van der Waals surface area contributed by atoms with Crippen LogP contribution in [0.4, 0.5) is 23.2 Å². The Morgan fingerprint density at radius 3 is 2.29 bits per heavy atom. The minimum atomic E-state index is -5.60. The molecule has 21 heavy (non-hydrogen) atoms. The van der Waals surface area contributed by atoms with Crippen LogP contribution in [0.5, 0.6) is 0 Å². The van der Waals surface area contributed by atoms with Crippen LogP contribution in [-0.2, 0) is 9.84 Å². The van der Waals surface area contributed by atoms with Crippen LogP contribution in [0.15, 0.2) is 23.1 Å². The van der Waals surface area contributed by atoms with Gasteiger partial charge in [-0.3, -0.25) is 0 Å². The normalized spacial score (nSPS) is 18.7. The molecule has 3 nitrogen and oxygen atoms in total. The predicted molar refractivity (Wildman–Crippen MR) is 70.1 cm³/mol. The zero-order valence-corrected chi connectivity index (χ0v) is 12.1. The second-order valence-electron chi connectivity index (χ2n) is 5.48. The van der Waals surface area contributed by atoms with E-state index >= 15 is 0 Å². The Hall–Kier alpha value is -1.31. The summed E-state index contributed by atoms with van der Waals surface area (Å²) in [5.41, 5.74) is -6.15. The van der Waals surface area contributed by atoms with Crippen molar-refractivity contribution in [2.24, 2.45) is 0 Å². The first kappa shape index (κ1) is 16.1. The van der Waals surface area contributed by atoms with E-state index in [1.807, 2.05) is 6.92 Å². The lowest BCUT2D eigenvalue weighted by Gasteiger charge is -2.28. The average molecular weight is 325 g/mol. The maximum absolute atomic E-state index is 13.2. The highest BCUT2D eigenvalue weighted by Gasteiger charge is 2.48.